The van der Waals surface area contributed by atoms with Crippen LogP contribution in [0.15, 0.2) is 47.8 Å². The minimum absolute atomic E-state index is 0.652. The first-order valence-electron chi connectivity index (χ1n) is 9.07. The Balaban J connectivity index is 1.68. The van der Waals surface area contributed by atoms with Crippen molar-refractivity contribution >= 4 is 22.5 Å². The molecule has 0 unspecified atom stereocenters. The van der Waals surface area contributed by atoms with Crippen LogP contribution in [-0.2, 0) is 20.1 Å². The zero-order valence-electron chi connectivity index (χ0n) is 14.7. The largest absolute Gasteiger partial charge is 0.346 e. The van der Waals surface area contributed by atoms with E-state index < -0.39 is 0 Å². The van der Waals surface area contributed by atoms with Gasteiger partial charge in [-0.3, -0.25) is 15.3 Å². The zero-order chi connectivity index (χ0) is 17.2. The number of allylic oxidation sites excluding steroid dienone is 2. The second-order valence-corrected chi connectivity index (χ2v) is 7.34. The number of piperidine rings is 1. The van der Waals surface area contributed by atoms with Crippen molar-refractivity contribution in [3.8, 4) is 0 Å². The molecule has 0 radical (unpaired) electrons. The van der Waals surface area contributed by atoms with Crippen molar-refractivity contribution in [3.63, 3.8) is 0 Å². The molecule has 0 atom stereocenters. The number of hydrogen-bond donors (Lipinski definition) is 1. The van der Waals surface area contributed by atoms with Gasteiger partial charge in [0, 0.05) is 36.4 Å². The summed E-state index contributed by atoms with van der Waals surface area (Å²) in [6, 6.07) is 8.73. The molecular weight excluding hydrogens is 332 g/mol. The van der Waals surface area contributed by atoms with Crippen LogP contribution in [0.2, 0.25) is 0 Å². The Morgan fingerprint density at radius 2 is 1.88 bits per heavy atom. The van der Waals surface area contributed by atoms with E-state index in [1.165, 1.54) is 54.5 Å². The van der Waals surface area contributed by atoms with Crippen LogP contribution in [-0.4, -0.2) is 27.6 Å². The van der Waals surface area contributed by atoms with Crippen molar-refractivity contribution < 1.29 is 0 Å². The Morgan fingerprint density at radius 1 is 1.08 bits per heavy atom. The predicted molar refractivity (Wildman–Crippen MR) is 104 cm³/mol. The van der Waals surface area contributed by atoms with Crippen LogP contribution >= 0.6 is 11.6 Å². The molecule has 0 saturated carbocycles. The van der Waals surface area contributed by atoms with Crippen LogP contribution < -0.4 is 5.43 Å². The van der Waals surface area contributed by atoms with E-state index in [-0.39, 0.29) is 0 Å². The van der Waals surface area contributed by atoms with E-state index in [4.69, 9.17) is 11.6 Å². The Bertz CT molecular complexity index is 814. The van der Waals surface area contributed by atoms with Gasteiger partial charge in [-0.15, -0.1) is 0 Å². The quantitative estimate of drug-likeness (QED) is 0.835. The van der Waals surface area contributed by atoms with Gasteiger partial charge in [0.1, 0.15) is 5.16 Å². The number of nitrogens with one attached hydrogen (secondary N) is 1. The first-order chi connectivity index (χ1) is 12.2. The summed E-state index contributed by atoms with van der Waals surface area (Å²) in [7, 11) is 2.17. The fourth-order valence-corrected chi connectivity index (χ4v) is 4.12. The van der Waals surface area contributed by atoms with Gasteiger partial charge in [-0.2, -0.15) is 0 Å². The van der Waals surface area contributed by atoms with E-state index in [9.17, 15) is 0 Å². The van der Waals surface area contributed by atoms with E-state index in [2.05, 4.69) is 51.2 Å². The minimum atomic E-state index is 0.652. The van der Waals surface area contributed by atoms with Crippen LogP contribution in [0.5, 0.6) is 0 Å². The Morgan fingerprint density at radius 3 is 2.68 bits per heavy atom. The van der Waals surface area contributed by atoms with Gasteiger partial charge in [0.05, 0.1) is 6.54 Å². The topological polar surface area (TPSA) is 23.4 Å². The predicted octanol–water partition coefficient (Wildman–Crippen LogP) is 4.08. The second kappa shape index (κ2) is 7.14. The molecule has 1 saturated heterocycles. The highest BCUT2D eigenvalue weighted by molar-refractivity contribution is 6.29. The average Bonchev–Trinajstić information content (AvgIpc) is 2.89. The molecule has 0 spiro atoms. The summed E-state index contributed by atoms with van der Waals surface area (Å²) in [5, 5.41) is 4.07. The molecule has 1 N–H and O–H groups in total. The third kappa shape index (κ3) is 3.42. The molecule has 25 heavy (non-hydrogen) atoms. The number of aryl methyl sites for hydroxylation is 1. The molecule has 1 aromatic heterocycles. The number of halogens is 1. The molecule has 0 bridgehead atoms. The molecule has 0 aliphatic carbocycles. The zero-order valence-corrected chi connectivity index (χ0v) is 15.5. The van der Waals surface area contributed by atoms with Crippen LogP contribution in [0.25, 0.3) is 10.9 Å². The number of fused-ring (bicyclic) bond motifs is 1. The SMILES string of the molecule is Cn1c(CN2C=CC=C(Cl)N2)c(CN2CCCCC2)c2ccccc21. The average molecular weight is 357 g/mol. The van der Waals surface area contributed by atoms with Crippen LogP contribution in [0.1, 0.15) is 30.5 Å². The standard InChI is InChI=1S/C20H25ClN4/c1-23-18-9-4-3-8-16(18)17(14-24-11-5-2-6-12-24)19(23)15-25-13-7-10-20(21)22-25/h3-4,7-10,13,22H,2,5-6,11-12,14-15H2,1H3. The van der Waals surface area contributed by atoms with Crippen molar-refractivity contribution in [3.05, 3.63) is 59.0 Å². The summed E-state index contributed by atoms with van der Waals surface area (Å²) < 4.78 is 2.33. The van der Waals surface area contributed by atoms with Gasteiger partial charge < -0.3 is 4.57 Å². The number of hydrazine groups is 1. The molecular formula is C20H25ClN4. The first-order valence-corrected chi connectivity index (χ1v) is 9.45. The second-order valence-electron chi connectivity index (χ2n) is 6.93. The first kappa shape index (κ1) is 16.6. The summed E-state index contributed by atoms with van der Waals surface area (Å²) in [5.41, 5.74) is 7.30. The fourth-order valence-electron chi connectivity index (χ4n) is 3.94. The molecule has 0 amide bonds. The monoisotopic (exact) mass is 356 g/mol. The maximum Gasteiger partial charge on any atom is 0.120 e. The lowest BCUT2D eigenvalue weighted by Gasteiger charge is -2.28. The maximum atomic E-state index is 6.13. The Hall–Kier alpha value is -1.91. The van der Waals surface area contributed by atoms with Crippen LogP contribution in [0.4, 0.5) is 0 Å². The summed E-state index contributed by atoms with van der Waals surface area (Å²) in [6.45, 7) is 4.23. The van der Waals surface area contributed by atoms with E-state index >= 15 is 0 Å². The summed E-state index contributed by atoms with van der Waals surface area (Å²) >= 11 is 6.13. The number of rotatable bonds is 4. The smallest absolute Gasteiger partial charge is 0.120 e. The van der Waals surface area contributed by atoms with Gasteiger partial charge >= 0.3 is 0 Å². The molecule has 1 aromatic carbocycles. The van der Waals surface area contributed by atoms with E-state index in [0.29, 0.717) is 5.16 Å². The number of benzene rings is 1. The normalized spacial score (nSPS) is 18.5. The number of likely N-dealkylation sites (tertiary alicyclic amines) is 1. The third-order valence-electron chi connectivity index (χ3n) is 5.25. The van der Waals surface area contributed by atoms with Gasteiger partial charge in [-0.25, -0.2) is 0 Å². The highest BCUT2D eigenvalue weighted by atomic mass is 35.5. The number of nitrogens with zero attached hydrogens (tertiary/aromatic N) is 3. The van der Waals surface area contributed by atoms with Crippen molar-refractivity contribution in [1.82, 2.24) is 19.9 Å². The van der Waals surface area contributed by atoms with Gasteiger partial charge in [0.25, 0.3) is 0 Å². The van der Waals surface area contributed by atoms with Gasteiger partial charge in [-0.1, -0.05) is 36.2 Å². The summed E-state index contributed by atoms with van der Waals surface area (Å²) in [6.07, 6.45) is 9.88. The van der Waals surface area contributed by atoms with Crippen molar-refractivity contribution in [2.24, 2.45) is 7.05 Å². The molecule has 2 aliphatic rings. The molecule has 2 aromatic rings. The molecule has 132 valence electrons. The lowest BCUT2D eigenvalue weighted by atomic mass is 10.1. The van der Waals surface area contributed by atoms with Gasteiger partial charge in [0.2, 0.25) is 0 Å². The Kier molecular flexibility index (Phi) is 4.73. The third-order valence-corrected chi connectivity index (χ3v) is 5.46. The van der Waals surface area contributed by atoms with Crippen molar-refractivity contribution in [2.75, 3.05) is 13.1 Å². The number of para-hydroxylation sites is 1. The lowest BCUT2D eigenvalue weighted by Crippen LogP contribution is -2.34. The Labute approximate surface area is 154 Å². The van der Waals surface area contributed by atoms with Gasteiger partial charge in [-0.05, 0) is 49.7 Å². The van der Waals surface area contributed by atoms with Crippen molar-refractivity contribution in [2.45, 2.75) is 32.4 Å². The van der Waals surface area contributed by atoms with Crippen LogP contribution in [0, 0.1) is 0 Å². The van der Waals surface area contributed by atoms with E-state index in [1.54, 1.807) is 0 Å². The number of hydrogen-bond acceptors (Lipinski definition) is 3. The molecule has 2 aliphatic heterocycles. The summed E-state index contributed by atoms with van der Waals surface area (Å²) in [4.78, 5) is 2.60. The maximum absolute atomic E-state index is 6.13. The van der Waals surface area contributed by atoms with E-state index in [0.717, 1.165) is 13.1 Å². The minimum Gasteiger partial charge on any atom is -0.346 e. The fraction of sp³-hybridized carbons (Fsp3) is 0.400. The van der Waals surface area contributed by atoms with Crippen molar-refractivity contribution in [1.29, 1.82) is 0 Å². The van der Waals surface area contributed by atoms with Crippen LogP contribution in [0.3, 0.4) is 0 Å². The van der Waals surface area contributed by atoms with E-state index in [1.807, 2.05) is 18.4 Å². The summed E-state index contributed by atoms with van der Waals surface area (Å²) in [5.74, 6) is 0. The molecule has 1 fully saturated rings. The highest BCUT2D eigenvalue weighted by Crippen LogP contribution is 2.29. The highest BCUT2D eigenvalue weighted by Gasteiger charge is 2.20. The van der Waals surface area contributed by atoms with Gasteiger partial charge in [0.15, 0.2) is 0 Å². The molecule has 5 heteroatoms. The molecule has 4 rings (SSSR count). The lowest BCUT2D eigenvalue weighted by molar-refractivity contribution is 0.219. The molecule has 3 heterocycles. The number of aromatic nitrogens is 1. The molecule has 4 nitrogen and oxygen atoms in total.